The van der Waals surface area contributed by atoms with Crippen LogP contribution in [0.1, 0.15) is 36.2 Å². The Labute approximate surface area is 194 Å². The van der Waals surface area contributed by atoms with E-state index in [4.69, 9.17) is 5.26 Å². The first-order chi connectivity index (χ1) is 16.4. The summed E-state index contributed by atoms with van der Waals surface area (Å²) in [7, 11) is 0. The molecule has 34 heavy (non-hydrogen) atoms. The van der Waals surface area contributed by atoms with Gasteiger partial charge in [-0.25, -0.2) is 23.2 Å². The van der Waals surface area contributed by atoms with Crippen molar-refractivity contribution in [3.05, 3.63) is 69.4 Å². The Bertz CT molecular complexity index is 1360. The molecule has 2 aliphatic rings. The van der Waals surface area contributed by atoms with Crippen molar-refractivity contribution in [1.82, 2.24) is 19.7 Å². The third-order valence-electron chi connectivity index (χ3n) is 6.66. The second kappa shape index (κ2) is 8.52. The van der Waals surface area contributed by atoms with Crippen LogP contribution in [0.3, 0.4) is 0 Å². The van der Waals surface area contributed by atoms with Gasteiger partial charge in [0.2, 0.25) is 5.91 Å². The van der Waals surface area contributed by atoms with Crippen LogP contribution in [0.2, 0.25) is 0 Å². The maximum atomic E-state index is 15.2. The fraction of sp³-hybridized carbons (Fsp3) is 0.360. The zero-order valence-electron chi connectivity index (χ0n) is 18.6. The molecule has 5 rings (SSSR count). The Balaban J connectivity index is 1.43. The zero-order valence-corrected chi connectivity index (χ0v) is 18.6. The predicted molar refractivity (Wildman–Crippen MR) is 120 cm³/mol. The topological polar surface area (TPSA) is 94.8 Å². The minimum atomic E-state index is -0.890. The van der Waals surface area contributed by atoms with Gasteiger partial charge in [0, 0.05) is 25.4 Å². The molecule has 1 aromatic heterocycles. The molecule has 0 spiro atoms. The van der Waals surface area contributed by atoms with E-state index in [0.29, 0.717) is 41.8 Å². The molecule has 2 fully saturated rings. The van der Waals surface area contributed by atoms with E-state index in [1.165, 1.54) is 12.1 Å². The molecule has 7 nitrogen and oxygen atoms in total. The first-order valence-electron chi connectivity index (χ1n) is 11.3. The van der Waals surface area contributed by atoms with E-state index in [-0.39, 0.29) is 23.6 Å². The fourth-order valence-electron chi connectivity index (χ4n) is 4.66. The number of H-pyrrole nitrogens is 1. The van der Waals surface area contributed by atoms with Crippen LogP contribution in [0.25, 0.3) is 16.8 Å². The van der Waals surface area contributed by atoms with Crippen LogP contribution in [-0.2, 0) is 11.2 Å². The lowest BCUT2D eigenvalue weighted by molar-refractivity contribution is -0.131. The maximum Gasteiger partial charge on any atom is 0.348 e. The number of hydrogen-bond acceptors (Lipinski definition) is 4. The normalized spacial score (nSPS) is 17.7. The van der Waals surface area contributed by atoms with Crippen molar-refractivity contribution in [1.29, 1.82) is 5.26 Å². The number of hydrogen-bond donors (Lipinski definition) is 1. The van der Waals surface area contributed by atoms with Crippen molar-refractivity contribution >= 4 is 5.91 Å². The summed E-state index contributed by atoms with van der Waals surface area (Å²) < 4.78 is 31.3. The van der Waals surface area contributed by atoms with Gasteiger partial charge < -0.3 is 4.90 Å². The Kier molecular flexibility index (Phi) is 5.52. The molecule has 0 radical (unpaired) electrons. The summed E-state index contributed by atoms with van der Waals surface area (Å²) in [5.74, 6) is -1.17. The molecule has 1 N–H and O–H groups in total. The number of nitrogens with one attached hydrogen (secondary N) is 1. The highest BCUT2D eigenvalue weighted by atomic mass is 19.1. The largest absolute Gasteiger partial charge is 0.348 e. The Morgan fingerprint density at radius 3 is 2.56 bits per heavy atom. The van der Waals surface area contributed by atoms with Gasteiger partial charge in [0.15, 0.2) is 11.6 Å². The summed E-state index contributed by atoms with van der Waals surface area (Å²) in [6.07, 6.45) is 2.95. The Morgan fingerprint density at radius 2 is 1.91 bits per heavy atom. The Hall–Kier alpha value is -3.80. The summed E-state index contributed by atoms with van der Waals surface area (Å²) in [4.78, 5) is 26.6. The quantitative estimate of drug-likeness (QED) is 0.627. The number of nitrogens with zero attached hydrogens (tertiary/aromatic N) is 4. The number of amides is 1. The number of halogens is 2. The molecular weight excluding hydrogens is 440 g/mol. The van der Waals surface area contributed by atoms with E-state index < -0.39 is 23.0 Å². The lowest BCUT2D eigenvalue weighted by atomic mass is 9.99. The molecule has 1 amide bonds. The van der Waals surface area contributed by atoms with Crippen molar-refractivity contribution in [2.75, 3.05) is 13.1 Å². The number of aryl methyl sites for hydroxylation is 1. The third kappa shape index (κ3) is 4.00. The molecule has 1 unspecified atom stereocenters. The molecule has 3 aromatic rings. The molecule has 174 valence electrons. The molecule has 2 aromatic carbocycles. The molecule has 1 atom stereocenters. The van der Waals surface area contributed by atoms with Crippen molar-refractivity contribution in [3.8, 4) is 22.9 Å². The SMILES string of the molecule is Cc1cc(-c2cc(F)c(-n3c(CC4CCN(C(=O)C5CC5)C4)n[nH]c3=O)c(F)c2)ccc1C#N. The van der Waals surface area contributed by atoms with E-state index in [1.54, 1.807) is 25.1 Å². The van der Waals surface area contributed by atoms with E-state index in [0.717, 1.165) is 23.8 Å². The van der Waals surface area contributed by atoms with Gasteiger partial charge in [0.25, 0.3) is 0 Å². The van der Waals surface area contributed by atoms with Crippen molar-refractivity contribution in [2.24, 2.45) is 11.8 Å². The second-order valence-electron chi connectivity index (χ2n) is 9.13. The first-order valence-corrected chi connectivity index (χ1v) is 11.3. The predicted octanol–water partition coefficient (Wildman–Crippen LogP) is 3.49. The number of carbonyl (C=O) groups is 1. The maximum absolute atomic E-state index is 15.2. The minimum absolute atomic E-state index is 0.0590. The molecule has 1 saturated heterocycles. The lowest BCUT2D eigenvalue weighted by Crippen LogP contribution is -2.30. The first kappa shape index (κ1) is 22.0. The van der Waals surface area contributed by atoms with Crippen molar-refractivity contribution in [2.45, 2.75) is 32.6 Å². The van der Waals surface area contributed by atoms with Gasteiger partial charge in [0.05, 0.1) is 11.6 Å². The smallest absolute Gasteiger partial charge is 0.342 e. The Morgan fingerprint density at radius 1 is 1.18 bits per heavy atom. The number of likely N-dealkylation sites (tertiary alicyclic amines) is 1. The number of aromatic nitrogens is 3. The number of aromatic amines is 1. The molecular formula is C25H23F2N5O2. The van der Waals surface area contributed by atoms with E-state index in [2.05, 4.69) is 16.3 Å². The van der Waals surface area contributed by atoms with Gasteiger partial charge in [-0.15, -0.1) is 0 Å². The highest BCUT2D eigenvalue weighted by Crippen LogP contribution is 2.33. The van der Waals surface area contributed by atoms with Crippen LogP contribution in [0.5, 0.6) is 0 Å². The van der Waals surface area contributed by atoms with Crippen LogP contribution in [0.4, 0.5) is 8.78 Å². The molecule has 0 bridgehead atoms. The average molecular weight is 463 g/mol. The summed E-state index contributed by atoms with van der Waals surface area (Å²) in [5, 5.41) is 15.4. The fourth-order valence-corrected chi connectivity index (χ4v) is 4.66. The number of nitriles is 1. The van der Waals surface area contributed by atoms with Crippen LogP contribution in [0, 0.1) is 41.7 Å². The van der Waals surface area contributed by atoms with Gasteiger partial charge in [-0.1, -0.05) is 12.1 Å². The van der Waals surface area contributed by atoms with Gasteiger partial charge in [-0.3, -0.25) is 4.79 Å². The monoisotopic (exact) mass is 463 g/mol. The minimum Gasteiger partial charge on any atom is -0.342 e. The van der Waals surface area contributed by atoms with E-state index in [1.807, 2.05) is 4.90 Å². The van der Waals surface area contributed by atoms with Crippen LogP contribution < -0.4 is 5.69 Å². The number of benzene rings is 2. The van der Waals surface area contributed by atoms with Crippen molar-refractivity contribution in [3.63, 3.8) is 0 Å². The number of carbonyl (C=O) groups excluding carboxylic acids is 1. The summed E-state index contributed by atoms with van der Waals surface area (Å²) >= 11 is 0. The molecule has 1 saturated carbocycles. The molecule has 1 aliphatic heterocycles. The molecule has 2 heterocycles. The van der Waals surface area contributed by atoms with Gasteiger partial charge in [0.1, 0.15) is 11.5 Å². The zero-order chi connectivity index (χ0) is 24.0. The summed E-state index contributed by atoms with van der Waals surface area (Å²) in [5.41, 5.74) is 0.844. The molecule has 9 heteroatoms. The highest BCUT2D eigenvalue weighted by Gasteiger charge is 2.37. The van der Waals surface area contributed by atoms with Crippen LogP contribution >= 0.6 is 0 Å². The number of rotatable bonds is 5. The third-order valence-corrected chi connectivity index (χ3v) is 6.66. The van der Waals surface area contributed by atoms with Crippen molar-refractivity contribution < 1.29 is 13.6 Å². The van der Waals surface area contributed by atoms with Gasteiger partial charge >= 0.3 is 5.69 Å². The van der Waals surface area contributed by atoms with Gasteiger partial charge in [-0.2, -0.15) is 10.4 Å². The van der Waals surface area contributed by atoms with E-state index in [9.17, 15) is 9.59 Å². The molecule has 1 aliphatic carbocycles. The highest BCUT2D eigenvalue weighted by molar-refractivity contribution is 5.81. The average Bonchev–Trinajstić information content (AvgIpc) is 3.47. The van der Waals surface area contributed by atoms with Crippen LogP contribution in [-0.4, -0.2) is 38.7 Å². The second-order valence-corrected chi connectivity index (χ2v) is 9.13. The summed E-state index contributed by atoms with van der Waals surface area (Å²) in [6, 6.07) is 9.34. The van der Waals surface area contributed by atoms with Gasteiger partial charge in [-0.05, 0) is 67.0 Å². The summed E-state index contributed by atoms with van der Waals surface area (Å²) in [6.45, 7) is 2.96. The van der Waals surface area contributed by atoms with Crippen LogP contribution in [0.15, 0.2) is 35.1 Å². The standard InChI is InChI=1S/C25H23F2N5O2/c1-14-8-17(4-5-18(14)12-28)19-10-20(26)23(21(27)11-19)32-22(29-30-25(32)34)9-15-6-7-31(13-15)24(33)16-2-3-16/h4-5,8,10-11,15-16H,2-3,6-7,9,13H2,1H3,(H,30,34). The lowest BCUT2D eigenvalue weighted by Gasteiger charge is -2.16. The van der Waals surface area contributed by atoms with E-state index >= 15 is 8.78 Å².